The minimum Gasteiger partial charge on any atom is -0.460 e. The molecule has 2 atom stereocenters. The second-order valence-corrected chi connectivity index (χ2v) is 5.98. The Labute approximate surface area is 153 Å². The summed E-state index contributed by atoms with van der Waals surface area (Å²) in [4.78, 5) is 23.8. The quantitative estimate of drug-likeness (QED) is 0.665. The summed E-state index contributed by atoms with van der Waals surface area (Å²) in [5.74, 6) is -1.03. The molecule has 0 amide bonds. The van der Waals surface area contributed by atoms with Crippen molar-refractivity contribution in [1.29, 1.82) is 0 Å². The summed E-state index contributed by atoms with van der Waals surface area (Å²) >= 11 is 0. The second-order valence-electron chi connectivity index (χ2n) is 5.98. The van der Waals surface area contributed by atoms with E-state index in [4.69, 9.17) is 20.9 Å². The number of carbonyl (C=O) groups is 2. The first kappa shape index (κ1) is 19.6. The molecular formula is C20H24N2O4. The highest BCUT2D eigenvalue weighted by Gasteiger charge is 2.20. The van der Waals surface area contributed by atoms with Crippen LogP contribution in [0.25, 0.3) is 0 Å². The zero-order valence-electron chi connectivity index (χ0n) is 14.5. The molecule has 0 saturated heterocycles. The first-order valence-electron chi connectivity index (χ1n) is 8.48. The highest BCUT2D eigenvalue weighted by molar-refractivity contribution is 5.77. The molecule has 0 bridgehead atoms. The Balaban J connectivity index is 1.67. The van der Waals surface area contributed by atoms with Crippen molar-refractivity contribution < 1.29 is 19.1 Å². The van der Waals surface area contributed by atoms with E-state index in [9.17, 15) is 9.59 Å². The fourth-order valence-electron chi connectivity index (χ4n) is 2.27. The van der Waals surface area contributed by atoms with Gasteiger partial charge in [-0.3, -0.25) is 9.59 Å². The molecule has 2 aromatic carbocycles. The summed E-state index contributed by atoms with van der Waals surface area (Å²) in [7, 11) is 0. The normalized spacial score (nSPS) is 12.8. The molecule has 0 heterocycles. The largest absolute Gasteiger partial charge is 0.460 e. The minimum absolute atomic E-state index is 0.165. The van der Waals surface area contributed by atoms with Crippen LogP contribution < -0.4 is 11.5 Å². The molecule has 6 nitrogen and oxygen atoms in total. The number of carbonyl (C=O) groups excluding carboxylic acids is 2. The van der Waals surface area contributed by atoms with Gasteiger partial charge < -0.3 is 20.9 Å². The van der Waals surface area contributed by atoms with Crippen LogP contribution in [0.2, 0.25) is 0 Å². The zero-order valence-corrected chi connectivity index (χ0v) is 14.5. The highest BCUT2D eigenvalue weighted by atomic mass is 16.5. The molecule has 6 heteroatoms. The predicted octanol–water partition coefficient (Wildman–Crippen LogP) is 1.91. The Hall–Kier alpha value is -2.70. The first-order valence-corrected chi connectivity index (χ1v) is 8.48. The summed E-state index contributed by atoms with van der Waals surface area (Å²) in [5, 5.41) is 0. The third-order valence-corrected chi connectivity index (χ3v) is 3.84. The van der Waals surface area contributed by atoms with Crippen LogP contribution in [0, 0.1) is 0 Å². The van der Waals surface area contributed by atoms with Crippen LogP contribution in [-0.4, -0.2) is 24.0 Å². The lowest BCUT2D eigenvalue weighted by Crippen LogP contribution is -2.37. The molecule has 0 aromatic heterocycles. The van der Waals surface area contributed by atoms with Crippen molar-refractivity contribution in [2.45, 2.75) is 38.1 Å². The Bertz CT molecular complexity index is 630. The summed E-state index contributed by atoms with van der Waals surface area (Å²) < 4.78 is 10.3. The molecule has 138 valence electrons. The van der Waals surface area contributed by atoms with E-state index in [2.05, 4.69) is 0 Å². The molecule has 0 fully saturated rings. The van der Waals surface area contributed by atoms with E-state index < -0.39 is 24.0 Å². The number of esters is 2. The molecule has 26 heavy (non-hydrogen) atoms. The Morgan fingerprint density at radius 2 is 1.04 bits per heavy atom. The van der Waals surface area contributed by atoms with Gasteiger partial charge in [-0.2, -0.15) is 0 Å². The lowest BCUT2D eigenvalue weighted by atomic mass is 10.1. The van der Waals surface area contributed by atoms with Gasteiger partial charge >= 0.3 is 11.9 Å². The zero-order chi connectivity index (χ0) is 18.8. The highest BCUT2D eigenvalue weighted by Crippen LogP contribution is 2.07. The van der Waals surface area contributed by atoms with Crippen LogP contribution in [0.5, 0.6) is 0 Å². The van der Waals surface area contributed by atoms with Gasteiger partial charge in [0, 0.05) is 0 Å². The first-order chi connectivity index (χ1) is 12.6. The van der Waals surface area contributed by atoms with Gasteiger partial charge in [-0.1, -0.05) is 60.7 Å². The smallest absolute Gasteiger partial charge is 0.323 e. The Morgan fingerprint density at radius 1 is 0.692 bits per heavy atom. The van der Waals surface area contributed by atoms with Crippen LogP contribution >= 0.6 is 0 Å². The molecule has 0 aliphatic rings. The molecule has 0 saturated carbocycles. The maximum Gasteiger partial charge on any atom is 0.323 e. The number of hydrogen-bond donors (Lipinski definition) is 2. The standard InChI is InChI=1S/C20H24N2O4/c21-17(19(23)25-13-15-7-3-1-4-8-15)11-12-18(22)20(24)26-14-16-9-5-2-6-10-16/h1-10,17-18H,11-14,21-22H2/t17-,18?/m0/s1. The maximum absolute atomic E-state index is 11.9. The van der Waals surface area contributed by atoms with Crippen LogP contribution in [0.4, 0.5) is 0 Å². The molecular weight excluding hydrogens is 332 g/mol. The molecule has 2 rings (SSSR count). The van der Waals surface area contributed by atoms with Gasteiger partial charge in [-0.05, 0) is 24.0 Å². The molecule has 2 aromatic rings. The van der Waals surface area contributed by atoms with Gasteiger partial charge in [0.25, 0.3) is 0 Å². The summed E-state index contributed by atoms with van der Waals surface area (Å²) in [6.07, 6.45) is 0.491. The van der Waals surface area contributed by atoms with Gasteiger partial charge in [0.15, 0.2) is 0 Å². The van der Waals surface area contributed by atoms with Gasteiger partial charge in [0.2, 0.25) is 0 Å². The van der Waals surface area contributed by atoms with E-state index in [0.29, 0.717) is 0 Å². The van der Waals surface area contributed by atoms with Crippen LogP contribution in [0.1, 0.15) is 24.0 Å². The predicted molar refractivity (Wildman–Crippen MR) is 97.7 cm³/mol. The van der Waals surface area contributed by atoms with E-state index >= 15 is 0 Å². The van der Waals surface area contributed by atoms with Crippen molar-refractivity contribution >= 4 is 11.9 Å². The van der Waals surface area contributed by atoms with E-state index in [1.54, 1.807) is 0 Å². The molecule has 1 unspecified atom stereocenters. The monoisotopic (exact) mass is 356 g/mol. The molecule has 0 radical (unpaired) electrons. The van der Waals surface area contributed by atoms with Crippen molar-refractivity contribution in [2.75, 3.05) is 0 Å². The number of benzene rings is 2. The Morgan fingerprint density at radius 3 is 1.38 bits per heavy atom. The van der Waals surface area contributed by atoms with E-state index in [1.165, 1.54) is 0 Å². The van der Waals surface area contributed by atoms with Gasteiger partial charge in [0.05, 0.1) is 0 Å². The van der Waals surface area contributed by atoms with Crippen molar-refractivity contribution in [3.63, 3.8) is 0 Å². The van der Waals surface area contributed by atoms with Crippen molar-refractivity contribution in [2.24, 2.45) is 11.5 Å². The molecule has 4 N–H and O–H groups in total. The molecule has 0 spiro atoms. The number of rotatable bonds is 9. The topological polar surface area (TPSA) is 105 Å². The van der Waals surface area contributed by atoms with Crippen LogP contribution in [-0.2, 0) is 32.3 Å². The van der Waals surface area contributed by atoms with Crippen molar-refractivity contribution in [3.8, 4) is 0 Å². The number of hydrogen-bond acceptors (Lipinski definition) is 6. The lowest BCUT2D eigenvalue weighted by molar-refractivity contribution is -0.149. The molecule has 0 aliphatic carbocycles. The third-order valence-electron chi connectivity index (χ3n) is 3.84. The second kappa shape index (κ2) is 10.3. The van der Waals surface area contributed by atoms with Crippen molar-refractivity contribution in [3.05, 3.63) is 71.8 Å². The van der Waals surface area contributed by atoms with E-state index in [0.717, 1.165) is 11.1 Å². The van der Waals surface area contributed by atoms with Crippen LogP contribution in [0.3, 0.4) is 0 Å². The summed E-state index contributed by atoms with van der Waals surface area (Å²) in [6, 6.07) is 17.0. The average Bonchev–Trinajstić information content (AvgIpc) is 2.69. The van der Waals surface area contributed by atoms with Gasteiger partial charge in [-0.15, -0.1) is 0 Å². The summed E-state index contributed by atoms with van der Waals surface area (Å²) in [5.41, 5.74) is 13.4. The fraction of sp³-hybridized carbons (Fsp3) is 0.300. The van der Waals surface area contributed by atoms with E-state index in [1.807, 2.05) is 60.7 Å². The Kier molecular flexibility index (Phi) is 7.79. The van der Waals surface area contributed by atoms with Crippen LogP contribution in [0.15, 0.2) is 60.7 Å². The van der Waals surface area contributed by atoms with Crippen molar-refractivity contribution in [1.82, 2.24) is 0 Å². The van der Waals surface area contributed by atoms with E-state index in [-0.39, 0.29) is 26.1 Å². The number of ether oxygens (including phenoxy) is 2. The fourth-order valence-corrected chi connectivity index (χ4v) is 2.27. The maximum atomic E-state index is 11.9. The van der Waals surface area contributed by atoms with Gasteiger partial charge in [0.1, 0.15) is 25.3 Å². The summed E-state index contributed by atoms with van der Waals surface area (Å²) in [6.45, 7) is 0.330. The van der Waals surface area contributed by atoms with Gasteiger partial charge in [-0.25, -0.2) is 0 Å². The average molecular weight is 356 g/mol. The SMILES string of the molecule is NC(CC[C@H](N)C(=O)OCc1ccccc1)C(=O)OCc1ccccc1. The number of nitrogens with two attached hydrogens (primary N) is 2. The molecule has 0 aliphatic heterocycles. The third kappa shape index (κ3) is 6.66. The minimum atomic E-state index is -0.827. The lowest BCUT2D eigenvalue weighted by Gasteiger charge is -2.15.